The molecule has 42 heavy (non-hydrogen) atoms. The molecule has 0 radical (unpaired) electrons. The van der Waals surface area contributed by atoms with E-state index < -0.39 is 21.2 Å². The van der Waals surface area contributed by atoms with Gasteiger partial charge in [-0.25, -0.2) is 13.1 Å². The summed E-state index contributed by atoms with van der Waals surface area (Å²) in [6, 6.07) is 11.6. The van der Waals surface area contributed by atoms with Gasteiger partial charge in [0.25, 0.3) is 5.91 Å². The van der Waals surface area contributed by atoms with Gasteiger partial charge in [-0.1, -0.05) is 36.7 Å². The second-order valence-corrected chi connectivity index (χ2v) is 14.9. The summed E-state index contributed by atoms with van der Waals surface area (Å²) in [5.41, 5.74) is 3.53. The average Bonchev–Trinajstić information content (AvgIpc) is 3.10. The molecular formula is C33H41ClN2O5S. The minimum absolute atomic E-state index is 0.168. The fourth-order valence-corrected chi connectivity index (χ4v) is 9.00. The van der Waals surface area contributed by atoms with Crippen LogP contribution in [0.1, 0.15) is 73.4 Å². The summed E-state index contributed by atoms with van der Waals surface area (Å²) in [6.07, 6.45) is 10.9. The Morgan fingerprint density at radius 3 is 2.74 bits per heavy atom. The SMILES string of the molecule is CC[C@@H]1CC[C@@H](OC)/C=C\[C@@H]2CC[C@H]2CN2C[C@@]3(CCCc4cc(Cl)ccc43)COc3ccc(cc32)C(=O)NS1(=O)=O. The van der Waals surface area contributed by atoms with Crippen molar-refractivity contribution in [2.24, 2.45) is 11.8 Å². The first-order valence-corrected chi connectivity index (χ1v) is 17.2. The predicted molar refractivity (Wildman–Crippen MR) is 166 cm³/mol. The third-order valence-electron chi connectivity index (χ3n) is 10.0. The Balaban J connectivity index is 1.41. The smallest absolute Gasteiger partial charge is 0.264 e. The number of aryl methyl sites for hydroxylation is 1. The van der Waals surface area contributed by atoms with Crippen LogP contribution in [-0.2, 0) is 26.6 Å². The van der Waals surface area contributed by atoms with Gasteiger partial charge in [0.05, 0.1) is 23.6 Å². The van der Waals surface area contributed by atoms with Crippen LogP contribution in [0.3, 0.4) is 0 Å². The first-order valence-electron chi connectivity index (χ1n) is 15.3. The summed E-state index contributed by atoms with van der Waals surface area (Å²) >= 11 is 6.40. The zero-order chi connectivity index (χ0) is 29.5. The van der Waals surface area contributed by atoms with E-state index in [1.54, 1.807) is 13.2 Å². The van der Waals surface area contributed by atoms with Crippen LogP contribution in [0.25, 0.3) is 0 Å². The molecule has 0 aromatic heterocycles. The second kappa shape index (κ2) is 11.9. The molecule has 5 atom stereocenters. The highest BCUT2D eigenvalue weighted by molar-refractivity contribution is 7.90. The lowest BCUT2D eigenvalue weighted by atomic mass is 9.69. The lowest BCUT2D eigenvalue weighted by molar-refractivity contribution is 0.0980. The van der Waals surface area contributed by atoms with Crippen LogP contribution in [0.4, 0.5) is 5.69 Å². The molecular weight excluding hydrogens is 572 g/mol. The summed E-state index contributed by atoms with van der Waals surface area (Å²) in [4.78, 5) is 15.8. The quantitative estimate of drug-likeness (QED) is 0.416. The van der Waals surface area contributed by atoms with Crippen LogP contribution in [0.15, 0.2) is 48.6 Å². The van der Waals surface area contributed by atoms with Crippen molar-refractivity contribution in [2.75, 3.05) is 31.7 Å². The van der Waals surface area contributed by atoms with Gasteiger partial charge in [-0.05, 0) is 105 Å². The van der Waals surface area contributed by atoms with E-state index in [1.807, 2.05) is 25.1 Å². The largest absolute Gasteiger partial charge is 0.490 e. The molecule has 1 spiro atoms. The number of amides is 1. The van der Waals surface area contributed by atoms with E-state index in [2.05, 4.69) is 33.9 Å². The summed E-state index contributed by atoms with van der Waals surface area (Å²) < 4.78 is 41.2. The first kappa shape index (κ1) is 29.5. The maximum absolute atomic E-state index is 13.4. The van der Waals surface area contributed by atoms with Crippen LogP contribution >= 0.6 is 11.6 Å². The number of sulfonamides is 1. The van der Waals surface area contributed by atoms with E-state index in [9.17, 15) is 13.2 Å². The van der Waals surface area contributed by atoms with Gasteiger partial charge in [0.1, 0.15) is 5.75 Å². The number of ether oxygens (including phenoxy) is 2. The zero-order valence-corrected chi connectivity index (χ0v) is 26.1. The van der Waals surface area contributed by atoms with Gasteiger partial charge >= 0.3 is 0 Å². The fourth-order valence-electron chi connectivity index (χ4n) is 7.37. The van der Waals surface area contributed by atoms with Crippen molar-refractivity contribution in [3.8, 4) is 5.75 Å². The monoisotopic (exact) mass is 612 g/mol. The average molecular weight is 613 g/mol. The van der Waals surface area contributed by atoms with Crippen molar-refractivity contribution in [1.82, 2.24) is 4.72 Å². The molecule has 0 saturated heterocycles. The standard InChI is InChI=1S/C33H41ClN2O5S/c1-3-28-13-12-27(40-2)11-8-22-6-7-25(22)19-36-20-33(16-4-5-23-17-26(34)10-14-29(23)33)21-41-31-15-9-24(18-30(31)36)32(37)35-42(28,38)39/h8-11,14-15,17-18,22,25,27-28H,3-7,12-13,16,19-21H2,1-2H3,(H,35,37)/b11-8-/t22-,25-,27-,28+,33-/m0/s1. The first-order chi connectivity index (χ1) is 20.2. The molecule has 2 aliphatic carbocycles. The number of halogens is 1. The molecule has 2 aromatic carbocycles. The second-order valence-electron chi connectivity index (χ2n) is 12.5. The molecule has 7 nitrogen and oxygen atoms in total. The van der Waals surface area contributed by atoms with E-state index in [0.29, 0.717) is 43.3 Å². The lowest BCUT2D eigenvalue weighted by Crippen LogP contribution is -2.48. The lowest BCUT2D eigenvalue weighted by Gasteiger charge is -2.44. The number of benzene rings is 2. The maximum atomic E-state index is 13.4. The van der Waals surface area contributed by atoms with Gasteiger partial charge in [-0.15, -0.1) is 0 Å². The topological polar surface area (TPSA) is 84.9 Å². The Morgan fingerprint density at radius 1 is 1.12 bits per heavy atom. The van der Waals surface area contributed by atoms with Crippen molar-refractivity contribution in [3.05, 3.63) is 70.3 Å². The van der Waals surface area contributed by atoms with Gasteiger partial charge in [0.2, 0.25) is 10.0 Å². The fraction of sp³-hybridized carbons (Fsp3) is 0.545. The normalized spacial score (nSPS) is 31.5. The molecule has 2 bridgehead atoms. The Morgan fingerprint density at radius 2 is 1.98 bits per heavy atom. The maximum Gasteiger partial charge on any atom is 0.264 e. The van der Waals surface area contributed by atoms with Gasteiger partial charge in [-0.2, -0.15) is 0 Å². The molecule has 4 aliphatic rings. The Bertz CT molecular complexity index is 1480. The van der Waals surface area contributed by atoms with E-state index in [0.717, 1.165) is 61.7 Å². The van der Waals surface area contributed by atoms with Crippen molar-refractivity contribution in [1.29, 1.82) is 0 Å². The highest BCUT2D eigenvalue weighted by Crippen LogP contribution is 2.46. The van der Waals surface area contributed by atoms with E-state index in [4.69, 9.17) is 21.1 Å². The molecule has 2 heterocycles. The van der Waals surface area contributed by atoms with Crippen molar-refractivity contribution < 1.29 is 22.7 Å². The highest BCUT2D eigenvalue weighted by atomic mass is 35.5. The number of anilines is 1. The number of nitrogens with one attached hydrogen (secondary N) is 1. The molecule has 1 amide bonds. The number of carbonyl (C=O) groups is 1. The number of allylic oxidation sites excluding steroid dienone is 1. The molecule has 9 heteroatoms. The minimum atomic E-state index is -3.87. The number of carbonyl (C=O) groups excluding carboxylic acids is 1. The molecule has 226 valence electrons. The molecule has 2 aliphatic heterocycles. The van der Waals surface area contributed by atoms with Crippen LogP contribution in [0.2, 0.25) is 5.02 Å². The van der Waals surface area contributed by atoms with E-state index >= 15 is 0 Å². The summed E-state index contributed by atoms with van der Waals surface area (Å²) in [5.74, 6) is 1.01. The van der Waals surface area contributed by atoms with Gasteiger partial charge in [-0.3, -0.25) is 4.79 Å². The Labute approximate surface area is 254 Å². The van der Waals surface area contributed by atoms with Crippen LogP contribution in [0, 0.1) is 11.8 Å². The zero-order valence-electron chi connectivity index (χ0n) is 24.5. The van der Waals surface area contributed by atoms with E-state index in [1.165, 1.54) is 11.1 Å². The third kappa shape index (κ3) is 5.70. The number of rotatable bonds is 2. The highest BCUT2D eigenvalue weighted by Gasteiger charge is 2.43. The number of hydrogen-bond acceptors (Lipinski definition) is 6. The van der Waals surface area contributed by atoms with Gasteiger partial charge < -0.3 is 14.4 Å². The third-order valence-corrected chi connectivity index (χ3v) is 12.2. The molecule has 2 aromatic rings. The predicted octanol–water partition coefficient (Wildman–Crippen LogP) is 6.04. The molecule has 0 unspecified atom stereocenters. The Kier molecular flexibility index (Phi) is 8.33. The summed E-state index contributed by atoms with van der Waals surface area (Å²) in [5, 5.41) is 0.0697. The number of fused-ring (bicyclic) bond motifs is 4. The molecule has 1 saturated carbocycles. The van der Waals surface area contributed by atoms with E-state index in [-0.39, 0.29) is 11.5 Å². The van der Waals surface area contributed by atoms with Crippen LogP contribution in [-0.4, -0.2) is 52.5 Å². The molecule has 1 fully saturated rings. The minimum Gasteiger partial charge on any atom is -0.490 e. The van der Waals surface area contributed by atoms with Gasteiger partial charge in [0.15, 0.2) is 0 Å². The molecule has 1 N–H and O–H groups in total. The van der Waals surface area contributed by atoms with Crippen molar-refractivity contribution in [2.45, 2.75) is 75.1 Å². The van der Waals surface area contributed by atoms with Crippen molar-refractivity contribution in [3.63, 3.8) is 0 Å². The summed E-state index contributed by atoms with van der Waals surface area (Å²) in [6.45, 7) is 3.96. The molecule has 6 rings (SSSR count). The Hall–Kier alpha value is -2.55. The number of methoxy groups -OCH3 is 1. The van der Waals surface area contributed by atoms with Gasteiger partial charge in [0, 0.05) is 36.2 Å². The van der Waals surface area contributed by atoms with Crippen molar-refractivity contribution >= 4 is 33.2 Å². The number of nitrogens with zero attached hydrogens (tertiary/aromatic N) is 1. The van der Waals surface area contributed by atoms with Crippen LogP contribution < -0.4 is 14.4 Å². The number of hydrogen-bond donors (Lipinski definition) is 1. The summed E-state index contributed by atoms with van der Waals surface area (Å²) in [7, 11) is -2.21. The van der Waals surface area contributed by atoms with Crippen LogP contribution in [0.5, 0.6) is 5.75 Å².